The average Bonchev–Trinajstić information content (AvgIpc) is 2.27. The lowest BCUT2D eigenvalue weighted by Crippen LogP contribution is -2.36. The van der Waals surface area contributed by atoms with E-state index in [0.717, 1.165) is 11.1 Å². The number of benzene rings is 1. The van der Waals surface area contributed by atoms with Gasteiger partial charge in [0.25, 0.3) is 0 Å². The lowest BCUT2D eigenvalue weighted by molar-refractivity contribution is 0.566. The summed E-state index contributed by atoms with van der Waals surface area (Å²) < 4.78 is 23.3. The van der Waals surface area contributed by atoms with Gasteiger partial charge in [0.1, 0.15) is 0 Å². The third-order valence-corrected chi connectivity index (χ3v) is 6.56. The molecule has 1 aliphatic rings. The van der Waals surface area contributed by atoms with Crippen LogP contribution in [-0.2, 0) is 14.0 Å². The van der Waals surface area contributed by atoms with Gasteiger partial charge in [0.2, 0.25) is 0 Å². The van der Waals surface area contributed by atoms with Crippen LogP contribution in [0.3, 0.4) is 0 Å². The predicted octanol–water partition coefficient (Wildman–Crippen LogP) is 3.23. The zero-order valence-corrected chi connectivity index (χ0v) is 11.5. The molecule has 0 radical (unpaired) electrons. The molecule has 1 aromatic carbocycles. The lowest BCUT2D eigenvalue weighted by atomic mass is 10.0. The van der Waals surface area contributed by atoms with E-state index in [2.05, 4.69) is 0 Å². The molecule has 17 heavy (non-hydrogen) atoms. The highest BCUT2D eigenvalue weighted by Gasteiger charge is 2.46. The van der Waals surface area contributed by atoms with Crippen molar-refractivity contribution >= 4 is 21.4 Å². The van der Waals surface area contributed by atoms with Gasteiger partial charge in [0.15, 0.2) is 14.0 Å². The van der Waals surface area contributed by atoms with Gasteiger partial charge < -0.3 is 0 Å². The van der Waals surface area contributed by atoms with E-state index in [1.807, 2.05) is 32.0 Å². The van der Waals surface area contributed by atoms with Crippen LogP contribution in [0.1, 0.15) is 25.8 Å². The van der Waals surface area contributed by atoms with Crippen molar-refractivity contribution in [3.8, 4) is 0 Å². The van der Waals surface area contributed by atoms with E-state index in [9.17, 15) is 8.42 Å². The Labute approximate surface area is 107 Å². The smallest absolute Gasteiger partial charge is 0.178 e. The SMILES string of the molecule is CC1=C(C)CS(=O)(=O)[C@@](Cl)(c2ccccc2)C1. The molecule has 0 amide bonds. The van der Waals surface area contributed by atoms with Gasteiger partial charge in [0.05, 0.1) is 5.75 Å². The largest absolute Gasteiger partial charge is 0.226 e. The van der Waals surface area contributed by atoms with Crippen molar-refractivity contribution in [2.45, 2.75) is 24.5 Å². The Hall–Kier alpha value is -0.800. The van der Waals surface area contributed by atoms with Crippen LogP contribution in [0.25, 0.3) is 0 Å². The normalized spacial score (nSPS) is 28.2. The summed E-state index contributed by atoms with van der Waals surface area (Å²) in [6, 6.07) is 9.04. The zero-order valence-electron chi connectivity index (χ0n) is 9.90. The van der Waals surface area contributed by atoms with E-state index in [1.165, 1.54) is 0 Å². The van der Waals surface area contributed by atoms with Crippen molar-refractivity contribution < 1.29 is 8.42 Å². The Bertz CT molecular complexity index is 560. The van der Waals surface area contributed by atoms with Gasteiger partial charge in [-0.25, -0.2) is 8.42 Å². The van der Waals surface area contributed by atoms with Gasteiger partial charge in [-0.05, 0) is 19.4 Å². The van der Waals surface area contributed by atoms with E-state index >= 15 is 0 Å². The maximum atomic E-state index is 12.3. The number of hydrogen-bond donors (Lipinski definition) is 0. The molecule has 2 rings (SSSR count). The maximum Gasteiger partial charge on any atom is 0.178 e. The molecule has 0 aromatic heterocycles. The van der Waals surface area contributed by atoms with Gasteiger partial charge >= 0.3 is 0 Å². The Morgan fingerprint density at radius 3 is 2.29 bits per heavy atom. The zero-order chi connectivity index (χ0) is 12.7. The van der Waals surface area contributed by atoms with Crippen LogP contribution in [-0.4, -0.2) is 14.2 Å². The number of halogens is 1. The van der Waals surface area contributed by atoms with Crippen LogP contribution in [0.4, 0.5) is 0 Å². The van der Waals surface area contributed by atoms with E-state index < -0.39 is 14.0 Å². The number of alkyl halides is 1. The Morgan fingerprint density at radius 1 is 1.12 bits per heavy atom. The average molecular weight is 271 g/mol. The summed E-state index contributed by atoms with van der Waals surface area (Å²) >= 11 is 6.43. The minimum Gasteiger partial charge on any atom is -0.226 e. The van der Waals surface area contributed by atoms with Crippen LogP contribution in [0.2, 0.25) is 0 Å². The molecule has 1 aliphatic heterocycles. The Morgan fingerprint density at radius 2 is 1.71 bits per heavy atom. The molecule has 0 unspecified atom stereocenters. The van der Waals surface area contributed by atoms with Crippen molar-refractivity contribution in [1.82, 2.24) is 0 Å². The molecule has 0 saturated carbocycles. The summed E-state index contributed by atoms with van der Waals surface area (Å²) in [6.07, 6.45) is 0.368. The summed E-state index contributed by atoms with van der Waals surface area (Å²) in [5.41, 5.74) is 2.64. The summed E-state index contributed by atoms with van der Waals surface area (Å²) in [5.74, 6) is 0.0528. The summed E-state index contributed by atoms with van der Waals surface area (Å²) in [7, 11) is -3.35. The number of allylic oxidation sites excluding steroid dienone is 1. The maximum absolute atomic E-state index is 12.3. The van der Waals surface area contributed by atoms with Gasteiger partial charge in [0, 0.05) is 6.42 Å². The molecule has 0 fully saturated rings. The fourth-order valence-corrected chi connectivity index (χ4v) is 4.56. The third kappa shape index (κ3) is 2.02. The summed E-state index contributed by atoms with van der Waals surface area (Å²) in [4.78, 5) is 0. The Balaban J connectivity index is 2.59. The van der Waals surface area contributed by atoms with Gasteiger partial charge in [-0.2, -0.15) is 0 Å². The first-order chi connectivity index (χ1) is 7.87. The molecule has 0 N–H and O–H groups in total. The quantitative estimate of drug-likeness (QED) is 0.580. The molecular weight excluding hydrogens is 256 g/mol. The number of hydrogen-bond acceptors (Lipinski definition) is 2. The first-order valence-corrected chi connectivity index (χ1v) is 7.52. The molecule has 0 saturated heterocycles. The van der Waals surface area contributed by atoms with E-state index in [1.54, 1.807) is 12.1 Å². The van der Waals surface area contributed by atoms with Crippen molar-refractivity contribution in [2.24, 2.45) is 0 Å². The molecule has 1 atom stereocenters. The standard InChI is InChI=1S/C13H15ClO2S/c1-10-8-13(14,12-6-4-3-5-7-12)17(15,16)9-11(10)2/h3-7H,8-9H2,1-2H3/t13-/m1/s1. The highest BCUT2D eigenvalue weighted by Crippen LogP contribution is 2.45. The van der Waals surface area contributed by atoms with E-state index in [-0.39, 0.29) is 5.75 Å². The molecular formula is C13H15ClO2S. The third-order valence-electron chi connectivity index (χ3n) is 3.33. The molecule has 0 bridgehead atoms. The first kappa shape index (κ1) is 12.7. The summed E-state index contributed by atoms with van der Waals surface area (Å²) in [5, 5.41) is 0. The van der Waals surface area contributed by atoms with Gasteiger partial charge in [-0.3, -0.25) is 0 Å². The topological polar surface area (TPSA) is 34.1 Å². The number of sulfone groups is 1. The molecule has 1 heterocycles. The van der Waals surface area contributed by atoms with Gasteiger partial charge in [-0.1, -0.05) is 53.1 Å². The fourth-order valence-electron chi connectivity index (χ4n) is 2.09. The molecule has 2 nitrogen and oxygen atoms in total. The minimum atomic E-state index is -3.35. The highest BCUT2D eigenvalue weighted by atomic mass is 35.5. The molecule has 1 aromatic rings. The van der Waals surface area contributed by atoms with Crippen LogP contribution < -0.4 is 0 Å². The predicted molar refractivity (Wildman–Crippen MR) is 70.8 cm³/mol. The summed E-state index contributed by atoms with van der Waals surface area (Å²) in [6.45, 7) is 3.80. The lowest BCUT2D eigenvalue weighted by Gasteiger charge is -2.32. The Kier molecular flexibility index (Phi) is 3.08. The monoisotopic (exact) mass is 270 g/mol. The first-order valence-electron chi connectivity index (χ1n) is 5.49. The van der Waals surface area contributed by atoms with Crippen LogP contribution in [0, 0.1) is 0 Å². The molecule has 0 spiro atoms. The van der Waals surface area contributed by atoms with Crippen molar-refractivity contribution in [3.63, 3.8) is 0 Å². The van der Waals surface area contributed by atoms with Gasteiger partial charge in [-0.15, -0.1) is 0 Å². The molecule has 4 heteroatoms. The van der Waals surface area contributed by atoms with Crippen LogP contribution in [0.15, 0.2) is 41.5 Å². The fraction of sp³-hybridized carbons (Fsp3) is 0.385. The van der Waals surface area contributed by atoms with Crippen LogP contribution in [0.5, 0.6) is 0 Å². The molecule has 92 valence electrons. The second-order valence-corrected chi connectivity index (χ2v) is 7.68. The van der Waals surface area contributed by atoms with E-state index in [4.69, 9.17) is 11.6 Å². The number of rotatable bonds is 1. The van der Waals surface area contributed by atoms with Crippen molar-refractivity contribution in [1.29, 1.82) is 0 Å². The van der Waals surface area contributed by atoms with E-state index in [0.29, 0.717) is 12.0 Å². The van der Waals surface area contributed by atoms with Crippen molar-refractivity contribution in [3.05, 3.63) is 47.0 Å². The second kappa shape index (κ2) is 4.14. The highest BCUT2D eigenvalue weighted by molar-refractivity contribution is 7.93. The minimum absolute atomic E-state index is 0.0528. The second-order valence-electron chi connectivity index (χ2n) is 4.59. The van der Waals surface area contributed by atoms with Crippen LogP contribution >= 0.6 is 11.6 Å². The molecule has 0 aliphatic carbocycles. The van der Waals surface area contributed by atoms with Crippen molar-refractivity contribution in [2.75, 3.05) is 5.75 Å².